The number of hydrogen-bond acceptors (Lipinski definition) is 5. The fourth-order valence-corrected chi connectivity index (χ4v) is 1.83. The summed E-state index contributed by atoms with van der Waals surface area (Å²) in [5.41, 5.74) is 4.29. The number of carbonyl (C=O) groups is 1. The van der Waals surface area contributed by atoms with Crippen LogP contribution in [-0.4, -0.2) is 20.2 Å². The van der Waals surface area contributed by atoms with Gasteiger partial charge in [-0.05, 0) is 17.9 Å². The molecule has 72 valence electrons. The molecule has 0 saturated heterocycles. The average molecular weight is 201 g/mol. The lowest BCUT2D eigenvalue weighted by atomic mass is 10.3. The molecule has 1 aromatic heterocycles. The highest BCUT2D eigenvalue weighted by molar-refractivity contribution is 7.12. The van der Waals surface area contributed by atoms with Gasteiger partial charge in [-0.2, -0.15) is 0 Å². The lowest BCUT2D eigenvalue weighted by molar-refractivity contribution is 0.0606. The van der Waals surface area contributed by atoms with Crippen LogP contribution in [0.2, 0.25) is 0 Å². The van der Waals surface area contributed by atoms with Crippen LogP contribution < -0.4 is 5.48 Å². The summed E-state index contributed by atoms with van der Waals surface area (Å²) in [6.45, 7) is 1.89. The fourth-order valence-electron chi connectivity index (χ4n) is 0.916. The molecule has 0 saturated carbocycles. The van der Waals surface area contributed by atoms with Crippen molar-refractivity contribution >= 4 is 23.0 Å². The molecule has 4 nitrogen and oxygen atoms in total. The Morgan fingerprint density at radius 2 is 2.23 bits per heavy atom. The maximum absolute atomic E-state index is 11.2. The van der Waals surface area contributed by atoms with Crippen LogP contribution >= 0.6 is 11.3 Å². The summed E-state index contributed by atoms with van der Waals surface area (Å²) in [5.74, 6) is -0.349. The number of ether oxygens (including phenoxy) is 1. The molecule has 0 spiro atoms. The predicted molar refractivity (Wildman–Crippen MR) is 51.0 cm³/mol. The lowest BCUT2D eigenvalue weighted by Crippen LogP contribution is -2.04. The first kappa shape index (κ1) is 10.0. The van der Waals surface area contributed by atoms with Crippen molar-refractivity contribution in [3.05, 3.63) is 15.8 Å². The summed E-state index contributed by atoms with van der Waals surface area (Å²) in [4.78, 5) is 16.5. The van der Waals surface area contributed by atoms with Crippen LogP contribution in [0.4, 0.5) is 5.69 Å². The second-order valence-corrected chi connectivity index (χ2v) is 3.30. The van der Waals surface area contributed by atoms with Gasteiger partial charge in [-0.1, -0.05) is 0 Å². The molecule has 5 heteroatoms. The van der Waals surface area contributed by atoms with Crippen molar-refractivity contribution in [3.63, 3.8) is 0 Å². The quantitative estimate of drug-likeness (QED) is 0.598. The molecule has 0 aliphatic carbocycles. The zero-order valence-electron chi connectivity index (χ0n) is 7.71. The highest BCUT2D eigenvalue weighted by Gasteiger charge is 2.16. The van der Waals surface area contributed by atoms with Gasteiger partial charge in [0.05, 0.1) is 19.9 Å². The minimum atomic E-state index is -0.349. The van der Waals surface area contributed by atoms with Crippen molar-refractivity contribution in [1.29, 1.82) is 0 Å². The average Bonchev–Trinajstić information content (AvgIpc) is 2.48. The van der Waals surface area contributed by atoms with E-state index < -0.39 is 0 Å². The van der Waals surface area contributed by atoms with Crippen molar-refractivity contribution in [2.75, 3.05) is 19.7 Å². The molecule has 0 fully saturated rings. The summed E-state index contributed by atoms with van der Waals surface area (Å²) in [5, 5.41) is 1.87. The third-order valence-corrected chi connectivity index (χ3v) is 2.63. The Kier molecular flexibility index (Phi) is 3.27. The van der Waals surface area contributed by atoms with Crippen LogP contribution in [0, 0.1) is 6.92 Å². The molecule has 0 aliphatic rings. The van der Waals surface area contributed by atoms with Gasteiger partial charge in [-0.15, -0.1) is 11.3 Å². The smallest absolute Gasteiger partial charge is 0.350 e. The number of rotatable bonds is 3. The monoisotopic (exact) mass is 201 g/mol. The standard InChI is InChI=1S/C8H11NO3S/c1-5-4-13-7(8(10)11-2)6(5)9-12-3/h4,9H,1-3H3. The van der Waals surface area contributed by atoms with E-state index in [1.807, 2.05) is 12.3 Å². The van der Waals surface area contributed by atoms with Crippen molar-refractivity contribution in [2.24, 2.45) is 0 Å². The van der Waals surface area contributed by atoms with E-state index in [9.17, 15) is 4.79 Å². The molecule has 0 radical (unpaired) electrons. The van der Waals surface area contributed by atoms with Crippen LogP contribution in [0.3, 0.4) is 0 Å². The summed E-state index contributed by atoms with van der Waals surface area (Å²) >= 11 is 1.33. The Morgan fingerprint density at radius 1 is 1.54 bits per heavy atom. The summed E-state index contributed by atoms with van der Waals surface area (Å²) < 4.78 is 4.61. The van der Waals surface area contributed by atoms with Gasteiger partial charge in [-0.3, -0.25) is 10.3 Å². The van der Waals surface area contributed by atoms with Crippen molar-refractivity contribution < 1.29 is 14.4 Å². The molecule has 0 amide bonds. The molecular weight excluding hydrogens is 190 g/mol. The first-order valence-electron chi connectivity index (χ1n) is 3.66. The molecule has 13 heavy (non-hydrogen) atoms. The zero-order chi connectivity index (χ0) is 9.84. The number of hydrogen-bond donors (Lipinski definition) is 1. The molecule has 0 aromatic carbocycles. The normalized spacial score (nSPS) is 9.77. The minimum Gasteiger partial charge on any atom is -0.465 e. The van der Waals surface area contributed by atoms with Gasteiger partial charge in [0, 0.05) is 0 Å². The third-order valence-electron chi connectivity index (χ3n) is 1.55. The van der Waals surface area contributed by atoms with E-state index in [4.69, 9.17) is 4.84 Å². The predicted octanol–water partition coefficient (Wildman–Crippen LogP) is 1.82. The maximum Gasteiger partial charge on any atom is 0.350 e. The molecule has 1 N–H and O–H groups in total. The van der Waals surface area contributed by atoms with E-state index in [0.29, 0.717) is 10.6 Å². The number of methoxy groups -OCH3 is 1. The molecule has 0 aliphatic heterocycles. The summed E-state index contributed by atoms with van der Waals surface area (Å²) in [7, 11) is 2.85. The highest BCUT2D eigenvalue weighted by Crippen LogP contribution is 2.27. The number of nitrogens with one attached hydrogen (secondary N) is 1. The Bertz CT molecular complexity index is 308. The van der Waals surface area contributed by atoms with Crippen LogP contribution in [-0.2, 0) is 9.57 Å². The highest BCUT2D eigenvalue weighted by atomic mass is 32.1. The maximum atomic E-state index is 11.2. The van der Waals surface area contributed by atoms with Gasteiger partial charge in [-0.25, -0.2) is 4.79 Å². The van der Waals surface area contributed by atoms with E-state index >= 15 is 0 Å². The Morgan fingerprint density at radius 3 is 2.77 bits per heavy atom. The first-order valence-corrected chi connectivity index (χ1v) is 4.54. The van der Waals surface area contributed by atoms with E-state index in [1.54, 1.807) is 0 Å². The van der Waals surface area contributed by atoms with Gasteiger partial charge < -0.3 is 4.74 Å². The van der Waals surface area contributed by atoms with Crippen LogP contribution in [0.15, 0.2) is 5.38 Å². The Hall–Kier alpha value is -1.07. The minimum absolute atomic E-state index is 0.349. The summed E-state index contributed by atoms with van der Waals surface area (Å²) in [6, 6.07) is 0. The molecule has 1 aromatic rings. The molecular formula is C8H11NO3S. The van der Waals surface area contributed by atoms with Crippen molar-refractivity contribution in [2.45, 2.75) is 6.92 Å². The molecule has 0 atom stereocenters. The molecule has 1 heterocycles. The Balaban J connectivity index is 2.99. The number of anilines is 1. The topological polar surface area (TPSA) is 47.6 Å². The van der Waals surface area contributed by atoms with Crippen molar-refractivity contribution in [1.82, 2.24) is 0 Å². The van der Waals surface area contributed by atoms with Gasteiger partial charge in [0.25, 0.3) is 0 Å². The number of thiophene rings is 1. The largest absolute Gasteiger partial charge is 0.465 e. The molecule has 1 rings (SSSR count). The Labute approximate surface area is 80.4 Å². The van der Waals surface area contributed by atoms with Crippen LogP contribution in [0.5, 0.6) is 0 Å². The first-order chi connectivity index (χ1) is 6.20. The number of aryl methyl sites for hydroxylation is 1. The second kappa shape index (κ2) is 4.25. The van der Waals surface area contributed by atoms with Gasteiger partial charge in [0.2, 0.25) is 0 Å². The van der Waals surface area contributed by atoms with Crippen molar-refractivity contribution in [3.8, 4) is 0 Å². The lowest BCUT2D eigenvalue weighted by Gasteiger charge is -2.04. The second-order valence-electron chi connectivity index (χ2n) is 2.42. The van der Waals surface area contributed by atoms with E-state index in [-0.39, 0.29) is 5.97 Å². The fraction of sp³-hybridized carbons (Fsp3) is 0.375. The molecule has 0 bridgehead atoms. The number of esters is 1. The van der Waals surface area contributed by atoms with E-state index in [1.165, 1.54) is 25.6 Å². The van der Waals surface area contributed by atoms with Crippen LogP contribution in [0.25, 0.3) is 0 Å². The van der Waals surface area contributed by atoms with Gasteiger partial charge in [0.15, 0.2) is 0 Å². The zero-order valence-corrected chi connectivity index (χ0v) is 8.53. The summed E-state index contributed by atoms with van der Waals surface area (Å²) in [6.07, 6.45) is 0. The third kappa shape index (κ3) is 1.99. The SMILES string of the molecule is CONc1c(C)csc1C(=O)OC. The molecule has 0 unspecified atom stereocenters. The number of carbonyl (C=O) groups excluding carboxylic acids is 1. The van der Waals surface area contributed by atoms with Crippen LogP contribution in [0.1, 0.15) is 15.2 Å². The van der Waals surface area contributed by atoms with Gasteiger partial charge >= 0.3 is 5.97 Å². The van der Waals surface area contributed by atoms with E-state index in [0.717, 1.165) is 5.56 Å². The van der Waals surface area contributed by atoms with E-state index in [2.05, 4.69) is 10.2 Å². The van der Waals surface area contributed by atoms with Gasteiger partial charge in [0.1, 0.15) is 4.88 Å².